The molecule has 1 aliphatic heterocycles. The zero-order valence-electron chi connectivity index (χ0n) is 10.6. The maximum absolute atomic E-state index is 13.4. The molecule has 0 saturated carbocycles. The van der Waals surface area contributed by atoms with Crippen LogP contribution >= 0.6 is 0 Å². The second kappa shape index (κ2) is 4.77. The molecule has 3 rings (SSSR count). The zero-order chi connectivity index (χ0) is 14.3. The second-order valence-corrected chi connectivity index (χ2v) is 4.75. The van der Waals surface area contributed by atoms with E-state index in [2.05, 4.69) is 16.7 Å². The summed E-state index contributed by atoms with van der Waals surface area (Å²) in [6.07, 6.45) is 3.03. The quantitative estimate of drug-likeness (QED) is 0.790. The number of hydrogen-bond donors (Lipinski definition) is 0. The highest BCUT2D eigenvalue weighted by Crippen LogP contribution is 2.33. The summed E-state index contributed by atoms with van der Waals surface area (Å²) >= 11 is 0. The van der Waals surface area contributed by atoms with E-state index in [-0.39, 0.29) is 5.92 Å². The fourth-order valence-corrected chi connectivity index (χ4v) is 2.55. The van der Waals surface area contributed by atoms with Crippen LogP contribution in [0.15, 0.2) is 18.7 Å². The number of hydrogen-bond acceptors (Lipinski definition) is 2. The lowest BCUT2D eigenvalue weighted by Crippen LogP contribution is -2.18. The molecule has 1 atom stereocenters. The van der Waals surface area contributed by atoms with Gasteiger partial charge in [0.15, 0.2) is 23.3 Å². The van der Waals surface area contributed by atoms with Crippen LogP contribution in [0.3, 0.4) is 0 Å². The Bertz CT molecular complexity index is 655. The second-order valence-electron chi connectivity index (χ2n) is 4.75. The number of nitrogens with zero attached hydrogens (tertiary/aromatic N) is 3. The Balaban J connectivity index is 2.08. The Hall–Kier alpha value is -2.11. The Morgan fingerprint density at radius 3 is 2.60 bits per heavy atom. The van der Waals surface area contributed by atoms with Crippen molar-refractivity contribution in [1.29, 1.82) is 0 Å². The first-order valence-electron chi connectivity index (χ1n) is 6.31. The summed E-state index contributed by atoms with van der Waals surface area (Å²) in [4.78, 5) is 4.30. The molecule has 0 spiro atoms. The normalized spacial score (nSPS) is 17.9. The third-order valence-corrected chi connectivity index (χ3v) is 3.48. The molecule has 0 bridgehead atoms. The standard InChI is InChI=1S/C14H12F3N3/c1-2-12-18-14-9(4-3-5-20(14)19-12)8-6-10(15)13(17)11(16)7-8/h2,6-7,9H,1,3-5H2/t9-/m0/s1. The number of fused-ring (bicyclic) bond motifs is 1. The van der Waals surface area contributed by atoms with Gasteiger partial charge in [0.2, 0.25) is 0 Å². The molecule has 104 valence electrons. The smallest absolute Gasteiger partial charge is 0.194 e. The maximum Gasteiger partial charge on any atom is 0.194 e. The zero-order valence-corrected chi connectivity index (χ0v) is 10.6. The van der Waals surface area contributed by atoms with Crippen LogP contribution in [0.25, 0.3) is 6.08 Å². The first-order valence-corrected chi connectivity index (χ1v) is 6.31. The number of aryl methyl sites for hydroxylation is 1. The van der Waals surface area contributed by atoms with Crippen LogP contribution in [0.4, 0.5) is 13.2 Å². The number of aromatic nitrogens is 3. The van der Waals surface area contributed by atoms with Gasteiger partial charge in [-0.3, -0.25) is 0 Å². The molecular formula is C14H12F3N3. The first-order chi connectivity index (χ1) is 9.60. The summed E-state index contributed by atoms with van der Waals surface area (Å²) in [5.41, 5.74) is 0.380. The van der Waals surface area contributed by atoms with E-state index in [1.54, 1.807) is 4.68 Å². The highest BCUT2D eigenvalue weighted by atomic mass is 19.2. The van der Waals surface area contributed by atoms with Crippen molar-refractivity contribution in [2.75, 3.05) is 0 Å². The summed E-state index contributed by atoms with van der Waals surface area (Å²) < 4.78 is 41.5. The average Bonchev–Trinajstić information content (AvgIpc) is 2.87. The topological polar surface area (TPSA) is 30.7 Å². The fraction of sp³-hybridized carbons (Fsp3) is 0.286. The molecule has 1 aromatic heterocycles. The molecule has 3 nitrogen and oxygen atoms in total. The van der Waals surface area contributed by atoms with Gasteiger partial charge in [0.1, 0.15) is 5.82 Å². The largest absolute Gasteiger partial charge is 0.249 e. The Morgan fingerprint density at radius 1 is 1.25 bits per heavy atom. The van der Waals surface area contributed by atoms with E-state index in [9.17, 15) is 13.2 Å². The SMILES string of the molecule is C=Cc1nc2n(n1)CCC[C@H]2c1cc(F)c(F)c(F)c1. The van der Waals surface area contributed by atoms with E-state index in [1.807, 2.05) is 0 Å². The molecule has 0 N–H and O–H groups in total. The van der Waals surface area contributed by atoms with E-state index in [0.29, 0.717) is 30.2 Å². The molecule has 2 aromatic rings. The van der Waals surface area contributed by atoms with Crippen LogP contribution in [0.1, 0.15) is 36.0 Å². The van der Waals surface area contributed by atoms with Crippen molar-refractivity contribution in [1.82, 2.24) is 14.8 Å². The van der Waals surface area contributed by atoms with Crippen LogP contribution in [-0.4, -0.2) is 14.8 Å². The van der Waals surface area contributed by atoms with Gasteiger partial charge < -0.3 is 0 Å². The molecule has 0 amide bonds. The Labute approximate surface area is 113 Å². The minimum absolute atomic E-state index is 0.283. The van der Waals surface area contributed by atoms with Crippen LogP contribution in [0.5, 0.6) is 0 Å². The van der Waals surface area contributed by atoms with E-state index < -0.39 is 17.5 Å². The lowest BCUT2D eigenvalue weighted by molar-refractivity contribution is 0.427. The molecule has 0 saturated heterocycles. The Morgan fingerprint density at radius 2 is 1.95 bits per heavy atom. The highest BCUT2D eigenvalue weighted by molar-refractivity contribution is 5.37. The van der Waals surface area contributed by atoms with Gasteiger partial charge in [-0.05, 0) is 36.6 Å². The first kappa shape index (κ1) is 12.9. The van der Waals surface area contributed by atoms with Crippen LogP contribution in [0.2, 0.25) is 0 Å². The van der Waals surface area contributed by atoms with Crippen molar-refractivity contribution in [3.63, 3.8) is 0 Å². The van der Waals surface area contributed by atoms with Crippen molar-refractivity contribution >= 4 is 6.08 Å². The molecule has 1 aliphatic rings. The summed E-state index contributed by atoms with van der Waals surface area (Å²) in [5.74, 6) is -2.97. The molecule has 2 heterocycles. The molecule has 0 fully saturated rings. The minimum atomic E-state index is -1.45. The molecule has 0 unspecified atom stereocenters. The van der Waals surface area contributed by atoms with Crippen molar-refractivity contribution in [2.45, 2.75) is 25.3 Å². The molecule has 0 aliphatic carbocycles. The van der Waals surface area contributed by atoms with Gasteiger partial charge in [0.05, 0.1) is 0 Å². The lowest BCUT2D eigenvalue weighted by Gasteiger charge is -2.22. The predicted octanol–water partition coefficient (Wildman–Crippen LogP) is 3.26. The van der Waals surface area contributed by atoms with Gasteiger partial charge in [0, 0.05) is 12.5 Å². The van der Waals surface area contributed by atoms with Crippen molar-refractivity contribution in [3.8, 4) is 0 Å². The molecule has 6 heteroatoms. The van der Waals surface area contributed by atoms with Crippen molar-refractivity contribution < 1.29 is 13.2 Å². The summed E-state index contributed by atoms with van der Waals surface area (Å²) in [7, 11) is 0. The molecular weight excluding hydrogens is 267 g/mol. The van der Waals surface area contributed by atoms with E-state index in [4.69, 9.17) is 0 Å². The molecule has 20 heavy (non-hydrogen) atoms. The van der Waals surface area contributed by atoms with Gasteiger partial charge >= 0.3 is 0 Å². The van der Waals surface area contributed by atoms with Crippen LogP contribution < -0.4 is 0 Å². The monoisotopic (exact) mass is 279 g/mol. The van der Waals surface area contributed by atoms with Gasteiger partial charge in [-0.15, -0.1) is 0 Å². The maximum atomic E-state index is 13.4. The van der Waals surface area contributed by atoms with Crippen molar-refractivity contribution in [2.24, 2.45) is 0 Å². The van der Waals surface area contributed by atoms with Crippen LogP contribution in [0, 0.1) is 17.5 Å². The number of rotatable bonds is 2. The molecule has 1 aromatic carbocycles. The van der Waals surface area contributed by atoms with E-state index in [1.165, 1.54) is 6.08 Å². The van der Waals surface area contributed by atoms with Gasteiger partial charge in [-0.25, -0.2) is 22.8 Å². The van der Waals surface area contributed by atoms with Crippen molar-refractivity contribution in [3.05, 3.63) is 53.4 Å². The summed E-state index contributed by atoms with van der Waals surface area (Å²) in [5, 5.41) is 4.23. The molecule has 0 radical (unpaired) electrons. The summed E-state index contributed by atoms with van der Waals surface area (Å²) in [6, 6.07) is 2.06. The Kier molecular flexibility index (Phi) is 3.08. The van der Waals surface area contributed by atoms with E-state index >= 15 is 0 Å². The van der Waals surface area contributed by atoms with Gasteiger partial charge in [-0.1, -0.05) is 6.58 Å². The third kappa shape index (κ3) is 2.01. The fourth-order valence-electron chi connectivity index (χ4n) is 2.55. The van der Waals surface area contributed by atoms with Gasteiger partial charge in [-0.2, -0.15) is 5.10 Å². The number of halogens is 3. The average molecular weight is 279 g/mol. The van der Waals surface area contributed by atoms with Gasteiger partial charge in [0.25, 0.3) is 0 Å². The summed E-state index contributed by atoms with van der Waals surface area (Å²) in [6.45, 7) is 4.31. The highest BCUT2D eigenvalue weighted by Gasteiger charge is 2.27. The van der Waals surface area contributed by atoms with Crippen LogP contribution in [-0.2, 0) is 6.54 Å². The number of benzene rings is 1. The predicted molar refractivity (Wildman–Crippen MR) is 67.5 cm³/mol. The third-order valence-electron chi connectivity index (χ3n) is 3.48. The lowest BCUT2D eigenvalue weighted by atomic mass is 9.91. The minimum Gasteiger partial charge on any atom is -0.249 e. The van der Waals surface area contributed by atoms with E-state index in [0.717, 1.165) is 18.6 Å².